The molecule has 1 heterocycles. The van der Waals surface area contributed by atoms with E-state index in [1.165, 1.54) is 6.07 Å². The van der Waals surface area contributed by atoms with Crippen LogP contribution in [-0.4, -0.2) is 33.6 Å². The van der Waals surface area contributed by atoms with Gasteiger partial charge >= 0.3 is 0 Å². The van der Waals surface area contributed by atoms with Crippen molar-refractivity contribution in [1.82, 2.24) is 4.98 Å². The number of nitrogens with zero attached hydrogens (tertiary/aromatic N) is 2. The molecule has 1 aromatic heterocycles. The van der Waals surface area contributed by atoms with Crippen LogP contribution in [0, 0.1) is 5.82 Å². The van der Waals surface area contributed by atoms with Gasteiger partial charge in [-0.1, -0.05) is 32.4 Å². The average molecular weight is 461 g/mol. The number of benzene rings is 2. The highest BCUT2D eigenvalue weighted by molar-refractivity contribution is 6.74. The minimum Gasteiger partial charge on any atom is -0.497 e. The lowest BCUT2D eigenvalue weighted by Gasteiger charge is -2.37. The van der Waals surface area contributed by atoms with E-state index < -0.39 is 14.1 Å². The first-order valence-electron chi connectivity index (χ1n) is 10.3. The van der Waals surface area contributed by atoms with E-state index in [0.717, 1.165) is 28.0 Å². The largest absolute Gasteiger partial charge is 0.497 e. The zero-order valence-corrected chi connectivity index (χ0v) is 20.8. The summed E-state index contributed by atoms with van der Waals surface area (Å²) in [5.74, 6) is 0.306. The standard InChI is InChI=1S/C24H30ClFN2O2Si/c1-24(2,3)31(5,6)30-14-13-28(17-7-9-21(26)20(25)15-17)23-11-12-27-22-10-8-18(29-4)16-19(22)23/h7-12,15-16H,13-14H2,1-6H3. The third-order valence-electron chi connectivity index (χ3n) is 6.02. The molecule has 0 spiro atoms. The molecule has 3 rings (SSSR count). The molecule has 3 aromatic rings. The number of fused-ring (bicyclic) bond motifs is 1. The van der Waals surface area contributed by atoms with Crippen molar-refractivity contribution in [2.75, 3.05) is 25.2 Å². The third-order valence-corrected chi connectivity index (χ3v) is 10.8. The molecule has 0 radical (unpaired) electrons. The van der Waals surface area contributed by atoms with E-state index in [4.69, 9.17) is 20.8 Å². The van der Waals surface area contributed by atoms with E-state index >= 15 is 0 Å². The van der Waals surface area contributed by atoms with Crippen molar-refractivity contribution in [2.45, 2.75) is 38.9 Å². The van der Waals surface area contributed by atoms with Crippen molar-refractivity contribution in [1.29, 1.82) is 0 Å². The van der Waals surface area contributed by atoms with E-state index in [0.29, 0.717) is 13.2 Å². The van der Waals surface area contributed by atoms with Gasteiger partial charge in [-0.2, -0.15) is 0 Å². The second-order valence-corrected chi connectivity index (χ2v) is 14.3. The van der Waals surface area contributed by atoms with E-state index in [1.807, 2.05) is 24.3 Å². The molecule has 0 N–H and O–H groups in total. The predicted octanol–water partition coefficient (Wildman–Crippen LogP) is 7.20. The van der Waals surface area contributed by atoms with Gasteiger partial charge in [0.05, 0.1) is 29.9 Å². The Morgan fingerprint density at radius 1 is 1.10 bits per heavy atom. The van der Waals surface area contributed by atoms with Gasteiger partial charge in [-0.25, -0.2) is 4.39 Å². The monoisotopic (exact) mass is 460 g/mol. The molecule has 2 aromatic carbocycles. The third kappa shape index (κ3) is 5.19. The van der Waals surface area contributed by atoms with Gasteiger partial charge in [0.15, 0.2) is 8.32 Å². The van der Waals surface area contributed by atoms with Crippen molar-refractivity contribution in [3.63, 3.8) is 0 Å². The van der Waals surface area contributed by atoms with E-state index in [9.17, 15) is 4.39 Å². The number of anilines is 2. The van der Waals surface area contributed by atoms with Crippen LogP contribution in [0.25, 0.3) is 10.9 Å². The van der Waals surface area contributed by atoms with Crippen LogP contribution in [0.5, 0.6) is 5.75 Å². The molecule has 0 saturated heterocycles. The number of methoxy groups -OCH3 is 1. The Morgan fingerprint density at radius 3 is 2.48 bits per heavy atom. The maximum Gasteiger partial charge on any atom is 0.192 e. The highest BCUT2D eigenvalue weighted by Crippen LogP contribution is 2.38. The van der Waals surface area contributed by atoms with Gasteiger partial charge in [-0.3, -0.25) is 4.98 Å². The van der Waals surface area contributed by atoms with E-state index in [1.54, 1.807) is 25.4 Å². The SMILES string of the molecule is COc1ccc2nccc(N(CCO[Si](C)(C)C(C)(C)C)c3ccc(F)c(Cl)c3)c2c1. The predicted molar refractivity (Wildman–Crippen MR) is 130 cm³/mol. The Bertz CT molecular complexity index is 1070. The lowest BCUT2D eigenvalue weighted by atomic mass is 10.1. The van der Waals surface area contributed by atoms with Crippen LogP contribution in [0.2, 0.25) is 23.2 Å². The van der Waals surface area contributed by atoms with Crippen molar-refractivity contribution in [3.8, 4) is 5.75 Å². The van der Waals surface area contributed by atoms with Crippen LogP contribution in [0.1, 0.15) is 20.8 Å². The number of halogens is 2. The maximum atomic E-state index is 13.9. The second kappa shape index (κ2) is 9.15. The molecular weight excluding hydrogens is 431 g/mol. The van der Waals surface area contributed by atoms with E-state index in [-0.39, 0.29) is 10.1 Å². The number of hydrogen-bond acceptors (Lipinski definition) is 4. The summed E-state index contributed by atoms with van der Waals surface area (Å²) in [7, 11) is -0.266. The summed E-state index contributed by atoms with van der Waals surface area (Å²) < 4.78 is 25.7. The smallest absolute Gasteiger partial charge is 0.192 e. The first-order valence-corrected chi connectivity index (χ1v) is 13.6. The second-order valence-electron chi connectivity index (χ2n) is 9.07. The molecule has 0 fully saturated rings. The van der Waals surface area contributed by atoms with Crippen LogP contribution in [-0.2, 0) is 4.43 Å². The maximum absolute atomic E-state index is 13.9. The molecule has 0 aliphatic rings. The summed E-state index contributed by atoms with van der Waals surface area (Å²) in [4.78, 5) is 6.58. The fourth-order valence-electron chi connectivity index (χ4n) is 3.12. The zero-order valence-electron chi connectivity index (χ0n) is 19.0. The number of aromatic nitrogens is 1. The lowest BCUT2D eigenvalue weighted by Crippen LogP contribution is -2.42. The van der Waals surface area contributed by atoms with Gasteiger partial charge in [0.25, 0.3) is 0 Å². The molecule has 166 valence electrons. The minimum absolute atomic E-state index is 0.0868. The molecule has 0 amide bonds. The fourth-order valence-corrected chi connectivity index (χ4v) is 4.33. The molecular formula is C24H30ClFN2O2Si. The fraction of sp³-hybridized carbons (Fsp3) is 0.375. The first kappa shape index (κ1) is 23.5. The van der Waals surface area contributed by atoms with Gasteiger partial charge in [0.2, 0.25) is 0 Å². The summed E-state index contributed by atoms with van der Waals surface area (Å²) in [5, 5.41) is 1.15. The van der Waals surface area contributed by atoms with E-state index in [2.05, 4.69) is 43.7 Å². The van der Waals surface area contributed by atoms with Crippen molar-refractivity contribution < 1.29 is 13.6 Å². The molecule has 0 aliphatic carbocycles. The Hall–Kier alpha value is -2.15. The van der Waals surface area contributed by atoms with Crippen LogP contribution >= 0.6 is 11.6 Å². The lowest BCUT2D eigenvalue weighted by molar-refractivity contribution is 0.297. The van der Waals surface area contributed by atoms with Crippen LogP contribution in [0.4, 0.5) is 15.8 Å². The van der Waals surface area contributed by atoms with Crippen LogP contribution in [0.15, 0.2) is 48.7 Å². The Labute approximate surface area is 190 Å². The molecule has 0 atom stereocenters. The minimum atomic E-state index is -1.91. The Morgan fingerprint density at radius 2 is 1.84 bits per heavy atom. The Balaban J connectivity index is 2.02. The molecule has 0 saturated carbocycles. The van der Waals surface area contributed by atoms with Gasteiger partial charge in [0, 0.05) is 23.8 Å². The molecule has 4 nitrogen and oxygen atoms in total. The highest BCUT2D eigenvalue weighted by atomic mass is 35.5. The Kier molecular flexibility index (Phi) is 6.94. The normalized spacial score (nSPS) is 12.3. The average Bonchev–Trinajstić information content (AvgIpc) is 2.72. The number of rotatable bonds is 7. The molecule has 31 heavy (non-hydrogen) atoms. The molecule has 0 unspecified atom stereocenters. The number of hydrogen-bond donors (Lipinski definition) is 0. The summed E-state index contributed by atoms with van der Waals surface area (Å²) in [5.41, 5.74) is 2.58. The first-order chi connectivity index (χ1) is 14.5. The van der Waals surface area contributed by atoms with Gasteiger partial charge in [-0.05, 0) is 60.6 Å². The van der Waals surface area contributed by atoms with Gasteiger partial charge < -0.3 is 14.1 Å². The highest BCUT2D eigenvalue weighted by Gasteiger charge is 2.37. The van der Waals surface area contributed by atoms with Gasteiger partial charge in [0.1, 0.15) is 11.6 Å². The summed E-state index contributed by atoms with van der Waals surface area (Å²) >= 11 is 6.12. The summed E-state index contributed by atoms with van der Waals surface area (Å²) in [6.07, 6.45) is 1.77. The quantitative estimate of drug-likeness (QED) is 0.349. The molecule has 7 heteroatoms. The summed E-state index contributed by atoms with van der Waals surface area (Å²) in [6.45, 7) is 12.3. The van der Waals surface area contributed by atoms with Crippen molar-refractivity contribution in [3.05, 3.63) is 59.5 Å². The van der Waals surface area contributed by atoms with Crippen LogP contribution < -0.4 is 9.64 Å². The molecule has 0 aliphatic heterocycles. The number of ether oxygens (including phenoxy) is 1. The van der Waals surface area contributed by atoms with Crippen LogP contribution in [0.3, 0.4) is 0 Å². The molecule has 0 bridgehead atoms. The van der Waals surface area contributed by atoms with Crippen molar-refractivity contribution in [2.24, 2.45) is 0 Å². The van der Waals surface area contributed by atoms with Gasteiger partial charge in [-0.15, -0.1) is 0 Å². The summed E-state index contributed by atoms with van der Waals surface area (Å²) in [6, 6.07) is 12.5. The van der Waals surface area contributed by atoms with Crippen molar-refractivity contribution >= 4 is 42.2 Å². The topological polar surface area (TPSA) is 34.6 Å². The zero-order chi connectivity index (χ0) is 22.8. The number of pyridine rings is 1.